The minimum absolute atomic E-state index is 0.0458. The number of hydrogen-bond acceptors (Lipinski definition) is 5. The van der Waals surface area contributed by atoms with Gasteiger partial charge in [-0.05, 0) is 78.7 Å². The Morgan fingerprint density at radius 1 is 0.886 bits per heavy atom. The summed E-state index contributed by atoms with van der Waals surface area (Å²) < 4.78 is 0.818. The first-order valence-electron chi connectivity index (χ1n) is 13.4. The standard InChI is InChI=1S/C33H27BrClN3O5S/c1-2-29(32(41)37-24-14-15-27(35)26(19-24)33(42)43)44-25-13-7-12-23(18-25)36-31(40)28(17-20-8-6-11-22(34)16-20)38-30(39)21-9-4-3-5-10-21/h3-19,29H,2H2,1H3,(H,36,40)(H,37,41)(H,38,39)(H,42,43)/b28-17+. The minimum Gasteiger partial charge on any atom is -0.478 e. The normalized spacial score (nSPS) is 11.8. The molecule has 0 fully saturated rings. The topological polar surface area (TPSA) is 125 Å². The number of hydrogen-bond donors (Lipinski definition) is 4. The number of carboxylic acids is 1. The average molecular weight is 693 g/mol. The van der Waals surface area contributed by atoms with Gasteiger partial charge in [-0.1, -0.05) is 70.9 Å². The van der Waals surface area contributed by atoms with Crippen molar-refractivity contribution in [2.24, 2.45) is 0 Å². The van der Waals surface area contributed by atoms with Gasteiger partial charge in [0.05, 0.1) is 15.8 Å². The second-order valence-electron chi connectivity index (χ2n) is 9.42. The van der Waals surface area contributed by atoms with E-state index >= 15 is 0 Å². The van der Waals surface area contributed by atoms with E-state index in [0.29, 0.717) is 28.9 Å². The van der Waals surface area contributed by atoms with Gasteiger partial charge in [0.1, 0.15) is 5.70 Å². The van der Waals surface area contributed by atoms with Crippen LogP contribution in [0.4, 0.5) is 11.4 Å². The third-order valence-corrected chi connectivity index (χ3v) is 8.37. The van der Waals surface area contributed by atoms with E-state index in [4.69, 9.17) is 11.6 Å². The molecule has 4 aromatic carbocycles. The number of carbonyl (C=O) groups is 4. The van der Waals surface area contributed by atoms with E-state index in [1.54, 1.807) is 54.6 Å². The van der Waals surface area contributed by atoms with Crippen LogP contribution in [0.15, 0.2) is 112 Å². The van der Waals surface area contributed by atoms with Crippen LogP contribution in [0.2, 0.25) is 5.02 Å². The molecule has 0 heterocycles. The van der Waals surface area contributed by atoms with Gasteiger partial charge in [0, 0.05) is 26.3 Å². The molecule has 0 aromatic heterocycles. The quantitative estimate of drug-likeness (QED) is 0.0943. The largest absolute Gasteiger partial charge is 0.478 e. The lowest BCUT2D eigenvalue weighted by atomic mass is 10.1. The zero-order valence-electron chi connectivity index (χ0n) is 23.3. The van der Waals surface area contributed by atoms with Crippen LogP contribution in [-0.4, -0.2) is 34.0 Å². The molecule has 4 aromatic rings. The highest BCUT2D eigenvalue weighted by atomic mass is 79.9. The van der Waals surface area contributed by atoms with E-state index in [1.807, 2.05) is 37.3 Å². The van der Waals surface area contributed by atoms with Crippen LogP contribution in [0.5, 0.6) is 0 Å². The second-order valence-corrected chi connectivity index (χ2v) is 12.0. The molecule has 224 valence electrons. The molecule has 0 bridgehead atoms. The number of carboxylic acid groups (broad SMARTS) is 1. The van der Waals surface area contributed by atoms with E-state index in [1.165, 1.54) is 30.0 Å². The predicted octanol–water partition coefficient (Wildman–Crippen LogP) is 7.72. The van der Waals surface area contributed by atoms with Gasteiger partial charge in [0.2, 0.25) is 5.91 Å². The number of halogens is 2. The maximum absolute atomic E-state index is 13.4. The van der Waals surface area contributed by atoms with E-state index < -0.39 is 23.0 Å². The van der Waals surface area contributed by atoms with Crippen molar-refractivity contribution in [2.75, 3.05) is 10.6 Å². The summed E-state index contributed by atoms with van der Waals surface area (Å²) in [4.78, 5) is 51.5. The fraction of sp³-hybridized carbons (Fsp3) is 0.0909. The highest BCUT2D eigenvalue weighted by molar-refractivity contribution is 9.10. The molecular formula is C33H27BrClN3O5S. The lowest BCUT2D eigenvalue weighted by Crippen LogP contribution is -2.30. The Bertz CT molecular complexity index is 1730. The molecule has 3 amide bonds. The molecule has 11 heteroatoms. The van der Waals surface area contributed by atoms with Crippen LogP contribution in [0.1, 0.15) is 39.6 Å². The van der Waals surface area contributed by atoms with Gasteiger partial charge in [-0.25, -0.2) is 4.79 Å². The van der Waals surface area contributed by atoms with Gasteiger partial charge in [-0.15, -0.1) is 11.8 Å². The summed E-state index contributed by atoms with van der Waals surface area (Å²) in [6.45, 7) is 1.86. The van der Waals surface area contributed by atoms with Gasteiger partial charge in [-0.2, -0.15) is 0 Å². The lowest BCUT2D eigenvalue weighted by Gasteiger charge is -2.16. The van der Waals surface area contributed by atoms with Gasteiger partial charge in [-0.3, -0.25) is 14.4 Å². The zero-order chi connectivity index (χ0) is 31.6. The van der Waals surface area contributed by atoms with Crippen molar-refractivity contribution in [1.29, 1.82) is 0 Å². The van der Waals surface area contributed by atoms with Crippen LogP contribution in [-0.2, 0) is 9.59 Å². The Balaban J connectivity index is 1.50. The summed E-state index contributed by atoms with van der Waals surface area (Å²) in [5.41, 5.74) is 1.83. The Labute approximate surface area is 272 Å². The third-order valence-electron chi connectivity index (χ3n) is 6.19. The van der Waals surface area contributed by atoms with E-state index in [0.717, 1.165) is 9.37 Å². The summed E-state index contributed by atoms with van der Waals surface area (Å²) in [7, 11) is 0. The van der Waals surface area contributed by atoms with Crippen molar-refractivity contribution in [2.45, 2.75) is 23.5 Å². The van der Waals surface area contributed by atoms with Crippen molar-refractivity contribution in [3.63, 3.8) is 0 Å². The summed E-state index contributed by atoms with van der Waals surface area (Å²) >= 11 is 10.7. The third kappa shape index (κ3) is 9.06. The Hall–Kier alpha value is -4.38. The summed E-state index contributed by atoms with van der Waals surface area (Å²) in [6, 6.07) is 27.2. The minimum atomic E-state index is -1.19. The van der Waals surface area contributed by atoms with Crippen molar-refractivity contribution in [3.05, 3.63) is 129 Å². The molecule has 0 radical (unpaired) electrons. The number of thioether (sulfide) groups is 1. The summed E-state index contributed by atoms with van der Waals surface area (Å²) in [5.74, 6) is -2.47. The first-order valence-corrected chi connectivity index (χ1v) is 15.4. The first-order chi connectivity index (χ1) is 21.1. The molecule has 0 aliphatic rings. The SMILES string of the molecule is CCC(Sc1cccc(NC(=O)/C(=C\c2cccc(Br)c2)NC(=O)c2ccccc2)c1)C(=O)Nc1ccc(Cl)c(C(=O)O)c1. The number of anilines is 2. The van der Waals surface area contributed by atoms with Gasteiger partial charge < -0.3 is 21.1 Å². The molecule has 0 aliphatic carbocycles. The zero-order valence-corrected chi connectivity index (χ0v) is 26.5. The number of nitrogens with one attached hydrogen (secondary N) is 3. The Morgan fingerprint density at radius 2 is 1.61 bits per heavy atom. The molecule has 1 unspecified atom stereocenters. The molecule has 4 rings (SSSR count). The molecular weight excluding hydrogens is 666 g/mol. The number of aromatic carboxylic acids is 1. The highest BCUT2D eigenvalue weighted by Crippen LogP contribution is 2.29. The molecule has 44 heavy (non-hydrogen) atoms. The van der Waals surface area contributed by atoms with E-state index in [-0.39, 0.29) is 22.2 Å². The van der Waals surface area contributed by atoms with Crippen LogP contribution in [0.25, 0.3) is 6.08 Å². The fourth-order valence-electron chi connectivity index (χ4n) is 4.03. The molecule has 8 nitrogen and oxygen atoms in total. The highest BCUT2D eigenvalue weighted by Gasteiger charge is 2.20. The van der Waals surface area contributed by atoms with E-state index in [2.05, 4.69) is 31.9 Å². The van der Waals surface area contributed by atoms with Crippen molar-refractivity contribution in [1.82, 2.24) is 5.32 Å². The van der Waals surface area contributed by atoms with Gasteiger partial charge >= 0.3 is 5.97 Å². The smallest absolute Gasteiger partial charge is 0.337 e. The Kier molecular flexibility index (Phi) is 11.4. The number of rotatable bonds is 11. The fourth-order valence-corrected chi connectivity index (χ4v) is 5.66. The van der Waals surface area contributed by atoms with Crippen LogP contribution in [0.3, 0.4) is 0 Å². The van der Waals surface area contributed by atoms with Crippen molar-refractivity contribution < 1.29 is 24.3 Å². The molecule has 0 aliphatic heterocycles. The molecule has 0 saturated carbocycles. The molecule has 0 spiro atoms. The van der Waals surface area contributed by atoms with Crippen molar-refractivity contribution in [3.8, 4) is 0 Å². The lowest BCUT2D eigenvalue weighted by molar-refractivity contribution is -0.116. The first kappa shape index (κ1) is 32.5. The predicted molar refractivity (Wildman–Crippen MR) is 178 cm³/mol. The second kappa shape index (κ2) is 15.4. The van der Waals surface area contributed by atoms with Gasteiger partial charge in [0.15, 0.2) is 0 Å². The Morgan fingerprint density at radius 3 is 2.32 bits per heavy atom. The van der Waals surface area contributed by atoms with Gasteiger partial charge in [0.25, 0.3) is 11.8 Å². The van der Waals surface area contributed by atoms with Crippen LogP contribution >= 0.6 is 39.3 Å². The van der Waals surface area contributed by atoms with Crippen molar-refractivity contribution >= 4 is 80.4 Å². The average Bonchev–Trinajstić information content (AvgIpc) is 3.01. The number of carbonyl (C=O) groups excluding carboxylic acids is 3. The van der Waals surface area contributed by atoms with Crippen LogP contribution in [0, 0.1) is 0 Å². The summed E-state index contributed by atoms with van der Waals surface area (Å²) in [6.07, 6.45) is 2.07. The van der Waals surface area contributed by atoms with E-state index in [9.17, 15) is 24.3 Å². The molecule has 4 N–H and O–H groups in total. The monoisotopic (exact) mass is 691 g/mol. The number of benzene rings is 4. The maximum atomic E-state index is 13.4. The number of amides is 3. The molecule has 0 saturated heterocycles. The summed E-state index contributed by atoms with van der Waals surface area (Å²) in [5, 5.41) is 17.2. The van der Waals surface area contributed by atoms with Crippen LogP contribution < -0.4 is 16.0 Å². The molecule has 1 atom stereocenters. The maximum Gasteiger partial charge on any atom is 0.337 e.